The molecule has 1 aliphatic heterocycles. The van der Waals surface area contributed by atoms with Crippen LogP contribution in [0, 0.1) is 0 Å². The second kappa shape index (κ2) is 8.04. The SMILES string of the molecule is Cl.NC1CCN(C(=O)/C=C/c2cc(C(F)(F)F)ccc2Cl)CC1. The molecule has 0 unspecified atom stereocenters. The van der Waals surface area contributed by atoms with Gasteiger partial charge >= 0.3 is 6.18 Å². The Kier molecular flexibility index (Phi) is 6.92. The molecule has 2 rings (SSSR count). The van der Waals surface area contributed by atoms with E-state index in [0.717, 1.165) is 25.0 Å². The molecule has 1 aromatic rings. The number of amides is 1. The number of piperidine rings is 1. The van der Waals surface area contributed by atoms with Crippen LogP contribution in [0.15, 0.2) is 24.3 Å². The highest BCUT2D eigenvalue weighted by atomic mass is 35.5. The summed E-state index contributed by atoms with van der Waals surface area (Å²) in [6, 6.07) is 3.12. The first-order valence-corrected chi connectivity index (χ1v) is 7.24. The van der Waals surface area contributed by atoms with E-state index in [4.69, 9.17) is 17.3 Å². The fraction of sp³-hybridized carbons (Fsp3) is 0.400. The highest BCUT2D eigenvalue weighted by molar-refractivity contribution is 6.32. The summed E-state index contributed by atoms with van der Waals surface area (Å²) >= 11 is 5.87. The Balaban J connectivity index is 0.00000264. The minimum absolute atomic E-state index is 0. The van der Waals surface area contributed by atoms with Gasteiger partial charge in [0.05, 0.1) is 5.56 Å². The average molecular weight is 369 g/mol. The molecule has 2 N–H and O–H groups in total. The van der Waals surface area contributed by atoms with E-state index in [-0.39, 0.29) is 34.9 Å². The summed E-state index contributed by atoms with van der Waals surface area (Å²) in [5.74, 6) is -0.250. The van der Waals surface area contributed by atoms with E-state index in [2.05, 4.69) is 0 Å². The number of hydrogen-bond donors (Lipinski definition) is 1. The predicted molar refractivity (Wildman–Crippen MR) is 86.5 cm³/mol. The number of benzene rings is 1. The molecular weight excluding hydrogens is 352 g/mol. The number of carbonyl (C=O) groups is 1. The van der Waals surface area contributed by atoms with Crippen molar-refractivity contribution in [3.8, 4) is 0 Å². The Morgan fingerprint density at radius 1 is 1.30 bits per heavy atom. The van der Waals surface area contributed by atoms with Crippen LogP contribution in [0.2, 0.25) is 5.02 Å². The quantitative estimate of drug-likeness (QED) is 0.808. The maximum atomic E-state index is 12.7. The first-order chi connectivity index (χ1) is 10.3. The number of nitrogens with two attached hydrogens (primary N) is 1. The summed E-state index contributed by atoms with van der Waals surface area (Å²) in [5.41, 5.74) is 5.13. The van der Waals surface area contributed by atoms with Gasteiger partial charge in [-0.15, -0.1) is 12.4 Å². The number of alkyl halides is 3. The molecule has 0 atom stereocenters. The fourth-order valence-electron chi connectivity index (χ4n) is 2.23. The molecule has 0 saturated carbocycles. The smallest absolute Gasteiger partial charge is 0.339 e. The minimum atomic E-state index is -4.44. The van der Waals surface area contributed by atoms with E-state index < -0.39 is 11.7 Å². The van der Waals surface area contributed by atoms with Gasteiger partial charge in [-0.1, -0.05) is 11.6 Å². The van der Waals surface area contributed by atoms with Crippen LogP contribution in [0.1, 0.15) is 24.0 Å². The van der Waals surface area contributed by atoms with Gasteiger partial charge in [0.15, 0.2) is 0 Å². The summed E-state index contributed by atoms with van der Waals surface area (Å²) in [7, 11) is 0. The van der Waals surface area contributed by atoms with E-state index in [1.165, 1.54) is 18.2 Å². The average Bonchev–Trinajstić information content (AvgIpc) is 2.45. The molecule has 0 bridgehead atoms. The highest BCUT2D eigenvalue weighted by Gasteiger charge is 2.30. The zero-order chi connectivity index (χ0) is 16.3. The molecule has 0 aromatic heterocycles. The lowest BCUT2D eigenvalue weighted by atomic mass is 10.1. The second-order valence-electron chi connectivity index (χ2n) is 5.23. The lowest BCUT2D eigenvalue weighted by Gasteiger charge is -2.29. The van der Waals surface area contributed by atoms with Crippen molar-refractivity contribution in [2.45, 2.75) is 25.1 Å². The largest absolute Gasteiger partial charge is 0.416 e. The maximum absolute atomic E-state index is 12.7. The monoisotopic (exact) mass is 368 g/mol. The molecule has 23 heavy (non-hydrogen) atoms. The van der Waals surface area contributed by atoms with E-state index >= 15 is 0 Å². The zero-order valence-corrected chi connectivity index (χ0v) is 13.7. The normalized spacial score (nSPS) is 16.5. The molecule has 1 aliphatic rings. The number of halogens is 5. The maximum Gasteiger partial charge on any atom is 0.416 e. The molecule has 3 nitrogen and oxygen atoms in total. The van der Waals surface area contributed by atoms with Crippen molar-refractivity contribution in [3.63, 3.8) is 0 Å². The number of hydrogen-bond acceptors (Lipinski definition) is 2. The molecule has 1 saturated heterocycles. The number of carbonyl (C=O) groups excluding carboxylic acids is 1. The summed E-state index contributed by atoms with van der Waals surface area (Å²) in [6.07, 6.45) is -0.430. The van der Waals surface area contributed by atoms with Crippen LogP contribution in [0.25, 0.3) is 6.08 Å². The van der Waals surface area contributed by atoms with Crippen LogP contribution >= 0.6 is 24.0 Å². The van der Waals surface area contributed by atoms with Gasteiger partial charge in [0.2, 0.25) is 5.91 Å². The zero-order valence-electron chi connectivity index (χ0n) is 12.1. The molecule has 8 heteroatoms. The van der Waals surface area contributed by atoms with Crippen LogP contribution in [0.5, 0.6) is 0 Å². The molecule has 1 amide bonds. The molecule has 1 fully saturated rings. The first kappa shape index (κ1) is 19.8. The number of rotatable bonds is 2. The molecule has 1 heterocycles. The van der Waals surface area contributed by atoms with Crippen molar-refractivity contribution in [3.05, 3.63) is 40.4 Å². The Labute approximate surface area is 143 Å². The van der Waals surface area contributed by atoms with Gasteiger partial charge in [-0.3, -0.25) is 4.79 Å². The molecule has 0 radical (unpaired) electrons. The molecule has 0 aliphatic carbocycles. The second-order valence-corrected chi connectivity index (χ2v) is 5.64. The Hall–Kier alpha value is -1.24. The topological polar surface area (TPSA) is 46.3 Å². The first-order valence-electron chi connectivity index (χ1n) is 6.86. The van der Waals surface area contributed by atoms with Crippen molar-refractivity contribution in [1.82, 2.24) is 4.90 Å². The lowest BCUT2D eigenvalue weighted by Crippen LogP contribution is -2.42. The van der Waals surface area contributed by atoms with Gasteiger partial charge in [0.1, 0.15) is 0 Å². The Morgan fingerprint density at radius 2 is 1.91 bits per heavy atom. The van der Waals surface area contributed by atoms with Crippen LogP contribution < -0.4 is 5.73 Å². The molecular formula is C15H17Cl2F3N2O. The van der Waals surface area contributed by atoms with Crippen LogP contribution in [0.3, 0.4) is 0 Å². The number of nitrogens with zero attached hydrogens (tertiary/aromatic N) is 1. The Morgan fingerprint density at radius 3 is 2.48 bits per heavy atom. The molecule has 128 valence electrons. The summed E-state index contributed by atoms with van der Waals surface area (Å²) in [4.78, 5) is 13.6. The van der Waals surface area contributed by atoms with Gasteiger partial charge in [-0.2, -0.15) is 13.2 Å². The summed E-state index contributed by atoms with van der Waals surface area (Å²) in [5, 5.41) is 0.165. The van der Waals surface area contributed by atoms with Gasteiger partial charge in [-0.05, 0) is 42.7 Å². The standard InChI is InChI=1S/C15H16ClF3N2O.ClH/c16-13-3-2-11(15(17,18)19)9-10(13)1-4-14(22)21-7-5-12(20)6-8-21;/h1-4,9,12H,5-8,20H2;1H/b4-1+;. The van der Waals surface area contributed by atoms with Gasteiger partial charge < -0.3 is 10.6 Å². The third-order valence-electron chi connectivity index (χ3n) is 3.58. The predicted octanol–water partition coefficient (Wildman–Crippen LogP) is 3.74. The van der Waals surface area contributed by atoms with Crippen molar-refractivity contribution < 1.29 is 18.0 Å². The van der Waals surface area contributed by atoms with Crippen LogP contribution in [-0.2, 0) is 11.0 Å². The fourth-order valence-corrected chi connectivity index (χ4v) is 2.41. The van der Waals surface area contributed by atoms with Crippen molar-refractivity contribution >= 4 is 36.0 Å². The van der Waals surface area contributed by atoms with Gasteiger partial charge in [0.25, 0.3) is 0 Å². The van der Waals surface area contributed by atoms with E-state index in [0.29, 0.717) is 13.1 Å². The van der Waals surface area contributed by atoms with E-state index in [1.54, 1.807) is 4.90 Å². The molecule has 0 spiro atoms. The summed E-state index contributed by atoms with van der Waals surface area (Å²) < 4.78 is 38.0. The van der Waals surface area contributed by atoms with E-state index in [1.807, 2.05) is 0 Å². The minimum Gasteiger partial charge on any atom is -0.339 e. The van der Waals surface area contributed by atoms with Crippen LogP contribution in [-0.4, -0.2) is 29.9 Å². The van der Waals surface area contributed by atoms with Crippen LogP contribution in [0.4, 0.5) is 13.2 Å². The lowest BCUT2D eigenvalue weighted by molar-refractivity contribution is -0.137. The third kappa shape index (κ3) is 5.41. The van der Waals surface area contributed by atoms with Crippen molar-refractivity contribution in [1.29, 1.82) is 0 Å². The van der Waals surface area contributed by atoms with Crippen molar-refractivity contribution in [2.24, 2.45) is 5.73 Å². The third-order valence-corrected chi connectivity index (χ3v) is 3.92. The van der Waals surface area contributed by atoms with Gasteiger partial charge in [-0.25, -0.2) is 0 Å². The highest BCUT2D eigenvalue weighted by Crippen LogP contribution is 2.32. The van der Waals surface area contributed by atoms with Crippen molar-refractivity contribution in [2.75, 3.05) is 13.1 Å². The number of likely N-dealkylation sites (tertiary alicyclic amines) is 1. The molecule has 1 aromatic carbocycles. The Bertz CT molecular complexity index is 583. The summed E-state index contributed by atoms with van der Waals surface area (Å²) in [6.45, 7) is 1.11. The van der Waals surface area contributed by atoms with E-state index in [9.17, 15) is 18.0 Å². The van der Waals surface area contributed by atoms with Gasteiger partial charge in [0, 0.05) is 30.2 Å².